The van der Waals surface area contributed by atoms with Crippen molar-refractivity contribution in [1.29, 1.82) is 0 Å². The van der Waals surface area contributed by atoms with E-state index in [1.807, 2.05) is 6.20 Å². The van der Waals surface area contributed by atoms with Gasteiger partial charge in [-0.1, -0.05) is 0 Å². The number of piperazine rings is 1. The number of nitrogens with zero attached hydrogens (tertiary/aromatic N) is 6. The molecule has 1 atom stereocenters. The van der Waals surface area contributed by atoms with Gasteiger partial charge in [-0.05, 0) is 37.5 Å². The molecule has 190 valence electrons. The summed E-state index contributed by atoms with van der Waals surface area (Å²) in [5, 5.41) is 6.75. The van der Waals surface area contributed by atoms with Crippen LogP contribution in [0.4, 0.5) is 10.5 Å². The maximum Gasteiger partial charge on any atom is 0.328 e. The molecule has 0 spiro atoms. The number of nitrogens with one attached hydrogen (secondary N) is 1. The van der Waals surface area contributed by atoms with E-state index in [0.717, 1.165) is 50.1 Å². The molecule has 2 aromatic heterocycles. The van der Waals surface area contributed by atoms with Gasteiger partial charge < -0.3 is 0 Å². The predicted molar refractivity (Wildman–Crippen MR) is 132 cm³/mol. The third kappa shape index (κ3) is 5.06. The highest BCUT2D eigenvalue weighted by molar-refractivity contribution is 7.88. The van der Waals surface area contributed by atoms with E-state index in [-0.39, 0.29) is 12.3 Å². The average molecular weight is 504 g/mol. The minimum Gasteiger partial charge on any atom is -0.296 e. The summed E-state index contributed by atoms with van der Waals surface area (Å²) >= 11 is 0. The van der Waals surface area contributed by atoms with Gasteiger partial charge in [0.1, 0.15) is 0 Å². The molecule has 1 N–H and O–H groups in total. The maximum atomic E-state index is 12.3. The van der Waals surface area contributed by atoms with Crippen molar-refractivity contribution < 1.29 is 18.0 Å². The second-order valence-corrected chi connectivity index (χ2v) is 11.8. The first kappa shape index (κ1) is 24.2. The van der Waals surface area contributed by atoms with Crippen molar-refractivity contribution in [2.45, 2.75) is 44.8 Å². The van der Waals surface area contributed by atoms with Gasteiger partial charge >= 0.3 is 6.03 Å². The Morgan fingerprint density at radius 2 is 1.89 bits per heavy atom. The average Bonchev–Trinajstić information content (AvgIpc) is 3.22. The monoisotopic (exact) mass is 503 g/mol. The van der Waals surface area contributed by atoms with Crippen LogP contribution in [0.25, 0.3) is 5.52 Å². The highest BCUT2D eigenvalue weighted by atomic mass is 32.2. The van der Waals surface area contributed by atoms with E-state index >= 15 is 0 Å². The summed E-state index contributed by atoms with van der Waals surface area (Å²) in [4.78, 5) is 30.4. The molecule has 5 heterocycles. The first-order chi connectivity index (χ1) is 16.7. The fourth-order valence-corrected chi connectivity index (χ4v) is 6.48. The Hall–Kier alpha value is -2.54. The molecule has 0 bridgehead atoms. The first-order valence-electron chi connectivity index (χ1n) is 12.2. The fraction of sp³-hybridized carbons (Fsp3) is 0.609. The minimum absolute atomic E-state index is 0.252. The lowest BCUT2D eigenvalue weighted by atomic mass is 10.0. The Bertz CT molecular complexity index is 1220. The van der Waals surface area contributed by atoms with Gasteiger partial charge in [-0.3, -0.25) is 24.8 Å². The first-order valence-corrected chi connectivity index (χ1v) is 14.0. The molecule has 3 saturated heterocycles. The summed E-state index contributed by atoms with van der Waals surface area (Å²) in [6.45, 7) is 7.47. The molecule has 2 aromatic rings. The fourth-order valence-electron chi connectivity index (χ4n) is 5.61. The Morgan fingerprint density at radius 1 is 1.11 bits per heavy atom. The number of anilines is 1. The van der Waals surface area contributed by atoms with Crippen LogP contribution in [0.5, 0.6) is 0 Å². The number of pyridine rings is 1. The third-order valence-corrected chi connectivity index (χ3v) is 8.74. The van der Waals surface area contributed by atoms with E-state index in [1.54, 1.807) is 19.9 Å². The van der Waals surface area contributed by atoms with Crippen LogP contribution in [-0.4, -0.2) is 102 Å². The molecule has 0 saturated carbocycles. The van der Waals surface area contributed by atoms with Gasteiger partial charge in [0.15, 0.2) is 0 Å². The molecule has 12 heteroatoms. The second-order valence-electron chi connectivity index (χ2n) is 9.86. The number of aromatic nitrogens is 2. The lowest BCUT2D eigenvalue weighted by molar-refractivity contribution is -0.120. The molecule has 0 radical (unpaired) electrons. The number of sulfonamides is 1. The van der Waals surface area contributed by atoms with Crippen LogP contribution < -0.4 is 10.2 Å². The van der Waals surface area contributed by atoms with Crippen molar-refractivity contribution in [3.8, 4) is 0 Å². The SMILES string of the molecule is C[C@H]1CN(Cc2ccn3ncc(N4CCC(=O)NC4=O)c3c2)CCN1C1CCN(S(C)(=O)=O)CC1. The van der Waals surface area contributed by atoms with Crippen molar-refractivity contribution in [3.05, 3.63) is 30.1 Å². The van der Waals surface area contributed by atoms with Crippen LogP contribution in [0.15, 0.2) is 24.5 Å². The number of imide groups is 1. The second kappa shape index (κ2) is 9.49. The van der Waals surface area contributed by atoms with Gasteiger partial charge in [-0.2, -0.15) is 5.10 Å². The summed E-state index contributed by atoms with van der Waals surface area (Å²) < 4.78 is 27.0. The molecule has 5 rings (SSSR count). The molecular weight excluding hydrogens is 470 g/mol. The lowest BCUT2D eigenvalue weighted by Gasteiger charge is -2.46. The molecule has 35 heavy (non-hydrogen) atoms. The number of carbonyl (C=O) groups is 2. The quantitative estimate of drug-likeness (QED) is 0.640. The number of hydrogen-bond acceptors (Lipinski definition) is 7. The van der Waals surface area contributed by atoms with E-state index in [9.17, 15) is 18.0 Å². The van der Waals surface area contributed by atoms with Crippen LogP contribution in [0.1, 0.15) is 31.7 Å². The molecule has 3 aliphatic heterocycles. The zero-order valence-electron chi connectivity index (χ0n) is 20.3. The summed E-state index contributed by atoms with van der Waals surface area (Å²) in [5.74, 6) is -0.252. The standard InChI is InChI=1S/C23H33N7O4S/c1-17-15-26(11-12-28(17)19-4-7-27(8-5-19)35(2,33)34)16-18-3-10-30-20(13-18)21(14-24-30)29-9-6-22(31)25-23(29)32/h3,10,13-14,17,19H,4-9,11-12,15-16H2,1-2H3,(H,25,31,32)/t17-/m0/s1. The van der Waals surface area contributed by atoms with E-state index in [0.29, 0.717) is 37.4 Å². The van der Waals surface area contributed by atoms with Gasteiger partial charge in [0.2, 0.25) is 15.9 Å². The number of fused-ring (bicyclic) bond motifs is 1. The molecule has 3 aliphatic rings. The Kier molecular flexibility index (Phi) is 6.55. The summed E-state index contributed by atoms with van der Waals surface area (Å²) in [5.41, 5.74) is 2.70. The smallest absolute Gasteiger partial charge is 0.296 e. The predicted octanol–water partition coefficient (Wildman–Crippen LogP) is 0.711. The van der Waals surface area contributed by atoms with Crippen molar-refractivity contribution in [2.24, 2.45) is 0 Å². The normalized spacial score (nSPS) is 24.3. The van der Waals surface area contributed by atoms with Gasteiger partial charge in [0.25, 0.3) is 0 Å². The zero-order chi connectivity index (χ0) is 24.7. The molecule has 0 unspecified atom stereocenters. The van der Waals surface area contributed by atoms with E-state index < -0.39 is 16.1 Å². The maximum absolute atomic E-state index is 12.3. The molecular formula is C23H33N7O4S. The number of rotatable bonds is 5. The largest absolute Gasteiger partial charge is 0.328 e. The highest BCUT2D eigenvalue weighted by Gasteiger charge is 2.33. The van der Waals surface area contributed by atoms with Gasteiger partial charge in [-0.15, -0.1) is 0 Å². The molecule has 0 aromatic carbocycles. The molecule has 0 aliphatic carbocycles. The number of urea groups is 1. The van der Waals surface area contributed by atoms with Crippen LogP contribution in [0, 0.1) is 0 Å². The van der Waals surface area contributed by atoms with Crippen LogP contribution in [0.3, 0.4) is 0 Å². The topological polar surface area (TPSA) is 111 Å². The highest BCUT2D eigenvalue weighted by Crippen LogP contribution is 2.26. The summed E-state index contributed by atoms with van der Waals surface area (Å²) in [6.07, 6.45) is 6.92. The van der Waals surface area contributed by atoms with Crippen LogP contribution >= 0.6 is 0 Å². The van der Waals surface area contributed by atoms with E-state index in [2.05, 4.69) is 39.3 Å². The molecule has 11 nitrogen and oxygen atoms in total. The van der Waals surface area contributed by atoms with E-state index in [1.165, 1.54) is 6.26 Å². The van der Waals surface area contributed by atoms with Crippen LogP contribution in [0.2, 0.25) is 0 Å². The Morgan fingerprint density at radius 3 is 2.57 bits per heavy atom. The number of piperidine rings is 1. The summed E-state index contributed by atoms with van der Waals surface area (Å²) in [7, 11) is -3.10. The Balaban J connectivity index is 1.22. The van der Waals surface area contributed by atoms with Gasteiger partial charge in [-0.25, -0.2) is 22.0 Å². The van der Waals surface area contributed by atoms with Crippen LogP contribution in [-0.2, 0) is 21.4 Å². The van der Waals surface area contributed by atoms with Crippen molar-refractivity contribution in [3.63, 3.8) is 0 Å². The number of hydrogen-bond donors (Lipinski definition) is 1. The third-order valence-electron chi connectivity index (χ3n) is 7.44. The van der Waals surface area contributed by atoms with Crippen molar-refractivity contribution in [1.82, 2.24) is 29.0 Å². The minimum atomic E-state index is -3.10. The van der Waals surface area contributed by atoms with Crippen molar-refractivity contribution >= 4 is 33.2 Å². The zero-order valence-corrected chi connectivity index (χ0v) is 21.1. The van der Waals surface area contributed by atoms with Gasteiger partial charge in [0, 0.05) is 70.5 Å². The van der Waals surface area contributed by atoms with Gasteiger partial charge in [0.05, 0.1) is 23.7 Å². The number of carbonyl (C=O) groups excluding carboxylic acids is 2. The molecule has 3 amide bonds. The molecule has 3 fully saturated rings. The Labute approximate surface area is 205 Å². The van der Waals surface area contributed by atoms with E-state index in [4.69, 9.17) is 0 Å². The summed E-state index contributed by atoms with van der Waals surface area (Å²) in [6, 6.07) is 4.54. The van der Waals surface area contributed by atoms with Crippen molar-refractivity contribution in [2.75, 3.05) is 50.4 Å². The lowest BCUT2D eigenvalue weighted by Crippen LogP contribution is -2.57. The number of amides is 3.